The van der Waals surface area contributed by atoms with Crippen LogP contribution in [0.15, 0.2) is 35.9 Å². The second kappa shape index (κ2) is 5.82. The van der Waals surface area contributed by atoms with Crippen LogP contribution in [0, 0.1) is 11.3 Å². The molecular formula is C18H24O2. The maximum atomic E-state index is 11.6. The first-order chi connectivity index (χ1) is 9.46. The number of carbonyl (C=O) groups excluding carboxylic acids is 1. The summed E-state index contributed by atoms with van der Waals surface area (Å²) in [5, 5.41) is 0. The molecule has 1 aromatic carbocycles. The van der Waals surface area contributed by atoms with E-state index in [4.69, 9.17) is 4.74 Å². The average molecular weight is 272 g/mol. The number of esters is 1. The Morgan fingerprint density at radius 3 is 2.55 bits per heavy atom. The van der Waals surface area contributed by atoms with Gasteiger partial charge in [0.1, 0.15) is 0 Å². The predicted molar refractivity (Wildman–Crippen MR) is 82.2 cm³/mol. The van der Waals surface area contributed by atoms with E-state index in [2.05, 4.69) is 45.0 Å². The summed E-state index contributed by atoms with van der Waals surface area (Å²) in [6.45, 7) is 6.72. The van der Waals surface area contributed by atoms with Crippen LogP contribution in [0.3, 0.4) is 0 Å². The lowest BCUT2D eigenvalue weighted by Gasteiger charge is -2.29. The number of methoxy groups -OCH3 is 1. The number of benzene rings is 1. The standard InChI is InChI=1S/C18H24O2/c1-13(14-8-6-5-7-9-14)16-11-10-15(18(16,2)3)12-17(19)20-4/h5-9,15H,10-12H2,1-4H3/b16-13+/t15-/m1/s1. The fraction of sp³-hybridized carbons (Fsp3) is 0.500. The zero-order valence-electron chi connectivity index (χ0n) is 12.9. The van der Waals surface area contributed by atoms with Crippen LogP contribution in [-0.2, 0) is 9.53 Å². The molecule has 0 radical (unpaired) electrons. The molecule has 1 aromatic rings. The molecule has 2 nitrogen and oxygen atoms in total. The van der Waals surface area contributed by atoms with Crippen molar-refractivity contribution in [3.05, 3.63) is 41.5 Å². The molecule has 20 heavy (non-hydrogen) atoms. The summed E-state index contributed by atoms with van der Waals surface area (Å²) in [4.78, 5) is 11.6. The second-order valence-corrected chi connectivity index (χ2v) is 6.21. The third-order valence-corrected chi connectivity index (χ3v) is 4.84. The SMILES string of the molecule is COC(=O)C[C@H]1CC/C(=C(/C)c2ccccc2)C1(C)C. The van der Waals surface area contributed by atoms with E-state index >= 15 is 0 Å². The highest BCUT2D eigenvalue weighted by molar-refractivity contribution is 5.71. The van der Waals surface area contributed by atoms with Gasteiger partial charge in [0.05, 0.1) is 7.11 Å². The van der Waals surface area contributed by atoms with Gasteiger partial charge >= 0.3 is 5.97 Å². The van der Waals surface area contributed by atoms with E-state index in [0.717, 1.165) is 12.8 Å². The van der Waals surface area contributed by atoms with Crippen molar-refractivity contribution in [2.45, 2.75) is 40.0 Å². The summed E-state index contributed by atoms with van der Waals surface area (Å²) in [5.74, 6) is 0.283. The molecule has 1 aliphatic carbocycles. The first kappa shape index (κ1) is 14.8. The molecule has 0 heterocycles. The molecule has 0 aromatic heterocycles. The average Bonchev–Trinajstić information content (AvgIpc) is 2.74. The minimum atomic E-state index is -0.0957. The van der Waals surface area contributed by atoms with Crippen LogP contribution in [0.2, 0.25) is 0 Å². The number of carbonyl (C=O) groups is 1. The lowest BCUT2D eigenvalue weighted by atomic mass is 9.75. The van der Waals surface area contributed by atoms with E-state index in [0.29, 0.717) is 12.3 Å². The molecule has 1 saturated carbocycles. The summed E-state index contributed by atoms with van der Waals surface area (Å²) in [6.07, 6.45) is 2.67. The normalized spacial score (nSPS) is 23.5. The summed E-state index contributed by atoms with van der Waals surface area (Å²) < 4.78 is 4.83. The Morgan fingerprint density at radius 2 is 1.95 bits per heavy atom. The lowest BCUT2D eigenvalue weighted by molar-refractivity contribution is -0.142. The molecule has 0 amide bonds. The van der Waals surface area contributed by atoms with Gasteiger partial charge in [-0.15, -0.1) is 0 Å². The first-order valence-electron chi connectivity index (χ1n) is 7.29. The minimum Gasteiger partial charge on any atom is -0.469 e. The number of hydrogen-bond donors (Lipinski definition) is 0. The molecule has 0 aliphatic heterocycles. The van der Waals surface area contributed by atoms with Crippen molar-refractivity contribution < 1.29 is 9.53 Å². The molecule has 0 N–H and O–H groups in total. The highest BCUT2D eigenvalue weighted by atomic mass is 16.5. The van der Waals surface area contributed by atoms with Crippen LogP contribution in [0.1, 0.15) is 45.6 Å². The van der Waals surface area contributed by atoms with Gasteiger partial charge in [0.25, 0.3) is 0 Å². The van der Waals surface area contributed by atoms with Crippen LogP contribution >= 0.6 is 0 Å². The van der Waals surface area contributed by atoms with Crippen molar-refractivity contribution >= 4 is 11.5 Å². The van der Waals surface area contributed by atoms with Crippen LogP contribution in [0.25, 0.3) is 5.57 Å². The van der Waals surface area contributed by atoms with E-state index in [1.807, 2.05) is 6.07 Å². The molecule has 1 atom stereocenters. The lowest BCUT2D eigenvalue weighted by Crippen LogP contribution is -2.23. The minimum absolute atomic E-state index is 0.0636. The third kappa shape index (κ3) is 2.79. The van der Waals surface area contributed by atoms with Crippen LogP contribution in [0.4, 0.5) is 0 Å². The zero-order valence-corrected chi connectivity index (χ0v) is 12.9. The predicted octanol–water partition coefficient (Wildman–Crippen LogP) is 4.46. The van der Waals surface area contributed by atoms with Crippen molar-refractivity contribution in [3.8, 4) is 0 Å². The number of hydrogen-bond acceptors (Lipinski definition) is 2. The van der Waals surface area contributed by atoms with Gasteiger partial charge in [0.2, 0.25) is 0 Å². The molecule has 1 fully saturated rings. The monoisotopic (exact) mass is 272 g/mol. The van der Waals surface area contributed by atoms with Crippen molar-refractivity contribution in [2.75, 3.05) is 7.11 Å². The van der Waals surface area contributed by atoms with Gasteiger partial charge in [-0.25, -0.2) is 0 Å². The summed E-state index contributed by atoms with van der Waals surface area (Å²) >= 11 is 0. The first-order valence-corrected chi connectivity index (χ1v) is 7.29. The van der Waals surface area contributed by atoms with Gasteiger partial charge in [-0.1, -0.05) is 49.8 Å². The molecule has 1 aliphatic rings. The Balaban J connectivity index is 2.28. The Labute approximate surface area is 121 Å². The van der Waals surface area contributed by atoms with Crippen molar-refractivity contribution in [2.24, 2.45) is 11.3 Å². The topological polar surface area (TPSA) is 26.3 Å². The maximum Gasteiger partial charge on any atom is 0.305 e. The zero-order chi connectivity index (χ0) is 14.8. The van der Waals surface area contributed by atoms with Gasteiger partial charge in [-0.3, -0.25) is 4.79 Å². The van der Waals surface area contributed by atoms with E-state index < -0.39 is 0 Å². The van der Waals surface area contributed by atoms with Crippen LogP contribution in [-0.4, -0.2) is 13.1 Å². The Kier molecular flexibility index (Phi) is 4.32. The molecule has 0 spiro atoms. The van der Waals surface area contributed by atoms with Gasteiger partial charge in [-0.2, -0.15) is 0 Å². The smallest absolute Gasteiger partial charge is 0.305 e. The molecule has 0 saturated heterocycles. The second-order valence-electron chi connectivity index (χ2n) is 6.21. The highest BCUT2D eigenvalue weighted by Crippen LogP contribution is 2.51. The fourth-order valence-electron chi connectivity index (χ4n) is 3.42. The Bertz CT molecular complexity index is 511. The quantitative estimate of drug-likeness (QED) is 0.759. The fourth-order valence-corrected chi connectivity index (χ4v) is 3.42. The molecule has 2 heteroatoms. The van der Waals surface area contributed by atoms with E-state index in [1.54, 1.807) is 0 Å². The molecular weight excluding hydrogens is 248 g/mol. The largest absolute Gasteiger partial charge is 0.469 e. The van der Waals surface area contributed by atoms with Gasteiger partial charge in [0.15, 0.2) is 0 Å². The molecule has 108 valence electrons. The Morgan fingerprint density at radius 1 is 1.30 bits per heavy atom. The van der Waals surface area contributed by atoms with E-state index in [-0.39, 0.29) is 11.4 Å². The summed E-state index contributed by atoms with van der Waals surface area (Å²) in [6, 6.07) is 10.5. The van der Waals surface area contributed by atoms with Gasteiger partial charge in [0, 0.05) is 6.42 Å². The highest BCUT2D eigenvalue weighted by Gasteiger charge is 2.40. The number of allylic oxidation sites excluding steroid dienone is 2. The number of rotatable bonds is 3. The summed E-state index contributed by atoms with van der Waals surface area (Å²) in [5.41, 5.74) is 4.20. The summed E-state index contributed by atoms with van der Waals surface area (Å²) in [7, 11) is 1.47. The Hall–Kier alpha value is -1.57. The van der Waals surface area contributed by atoms with Crippen molar-refractivity contribution in [1.29, 1.82) is 0 Å². The van der Waals surface area contributed by atoms with E-state index in [9.17, 15) is 4.79 Å². The van der Waals surface area contributed by atoms with Crippen LogP contribution < -0.4 is 0 Å². The van der Waals surface area contributed by atoms with Crippen LogP contribution in [0.5, 0.6) is 0 Å². The molecule has 0 unspecified atom stereocenters. The van der Waals surface area contributed by atoms with Crippen molar-refractivity contribution in [3.63, 3.8) is 0 Å². The molecule has 0 bridgehead atoms. The maximum absolute atomic E-state index is 11.6. The van der Waals surface area contributed by atoms with Gasteiger partial charge in [-0.05, 0) is 42.2 Å². The molecule has 2 rings (SSSR count). The number of ether oxygens (including phenoxy) is 1. The van der Waals surface area contributed by atoms with Crippen molar-refractivity contribution in [1.82, 2.24) is 0 Å². The third-order valence-electron chi connectivity index (χ3n) is 4.84. The van der Waals surface area contributed by atoms with Gasteiger partial charge < -0.3 is 4.74 Å². The van der Waals surface area contributed by atoms with E-state index in [1.165, 1.54) is 23.8 Å².